The first kappa shape index (κ1) is 38.4. The van der Waals surface area contributed by atoms with Crippen molar-refractivity contribution in [2.75, 3.05) is 72.9 Å². The van der Waals surface area contributed by atoms with Gasteiger partial charge in [0.2, 0.25) is 23.5 Å². The molecule has 3 unspecified atom stereocenters. The summed E-state index contributed by atoms with van der Waals surface area (Å²) in [6.45, 7) is 5.61. The minimum atomic E-state index is -3.13. The number of benzene rings is 2. The normalized spacial score (nSPS) is 26.1. The number of carbonyl (C=O) groups is 2. The number of nitrogens with one attached hydrogen (secondary N) is 3. The highest BCUT2D eigenvalue weighted by Crippen LogP contribution is 2.53. The van der Waals surface area contributed by atoms with Crippen LogP contribution >= 0.6 is 11.6 Å². The number of carbonyl (C=O) groups excluding carboxylic acids is 2. The number of fused-ring (bicyclic) bond motifs is 5. The van der Waals surface area contributed by atoms with E-state index in [1.54, 1.807) is 19.3 Å². The van der Waals surface area contributed by atoms with Crippen molar-refractivity contribution in [3.8, 4) is 5.75 Å². The molecule has 5 aromatic rings. The van der Waals surface area contributed by atoms with Crippen LogP contribution in [0.1, 0.15) is 37.3 Å². The third-order valence-electron chi connectivity index (χ3n) is 13.9. The number of anilines is 5. The first-order valence-electron chi connectivity index (χ1n) is 21.2. The zero-order chi connectivity index (χ0) is 41.9. The van der Waals surface area contributed by atoms with Crippen LogP contribution in [0.4, 0.5) is 37.6 Å². The molecule has 6 aliphatic rings. The van der Waals surface area contributed by atoms with E-state index >= 15 is 8.78 Å². The number of ether oxygens (including phenoxy) is 1. The Morgan fingerprint density at radius 2 is 1.77 bits per heavy atom. The molecule has 2 saturated carbocycles. The molecule has 15 nitrogen and oxygen atoms in total. The third-order valence-corrected chi connectivity index (χ3v) is 14.2. The summed E-state index contributed by atoms with van der Waals surface area (Å²) in [5.74, 6) is -1.59. The van der Waals surface area contributed by atoms with Crippen LogP contribution in [0.25, 0.3) is 21.8 Å². The average molecular weight is 854 g/mol. The SMILES string of the molecule is Cn1nc(C2CCC(=O)NC2=O)c2cccc(N3CCN(CC4[C@H]5CN(c6ncc(Cl)c(Nc7ccc8c(c7)c7c(c(=O)n8C)OCC(F)(F)C(C8CC8)N7)n6)C[C@@H]45)CC3)c21. The van der Waals surface area contributed by atoms with Gasteiger partial charge in [0.1, 0.15) is 5.02 Å². The predicted octanol–water partition coefficient (Wildman–Crippen LogP) is 4.86. The molecule has 11 rings (SSSR count). The molecule has 3 aromatic heterocycles. The number of pyridine rings is 1. The van der Waals surface area contributed by atoms with Gasteiger partial charge < -0.3 is 29.7 Å². The number of halogens is 3. The first-order valence-corrected chi connectivity index (χ1v) is 21.5. The summed E-state index contributed by atoms with van der Waals surface area (Å²) in [5.41, 5.74) is 3.87. The standard InChI is InChI=1S/C43H46ClF2N11O4/c1-53-31-10-8-23(16-26(31)35-37(41(53)60)61-21-43(45,46)38(50-35)22-6-7-22)48-39-30(44)17-47-42(51-39)57-19-28-27(29(28)20-57)18-55-12-14-56(15-13-55)32-5-3-4-24-34(52-54(2)36(24)32)25-9-11-33(58)49-40(25)59/h3-5,8,10,16-17,22,25,27-29,38,50H,6-7,9,11-15,18-21H2,1-2H3,(H,47,48,51)(H,49,58,59)/t25?,27?,28-,29+,38?. The van der Waals surface area contributed by atoms with E-state index in [0.717, 1.165) is 68.1 Å². The number of alkyl halides is 2. The zero-order valence-corrected chi connectivity index (χ0v) is 34.6. The maximum atomic E-state index is 15.2. The number of piperazine rings is 1. The number of hydrogen-bond acceptors (Lipinski definition) is 12. The quantitative estimate of drug-likeness (QED) is 0.183. The van der Waals surface area contributed by atoms with Crippen LogP contribution in [0.5, 0.6) is 5.75 Å². The molecule has 2 aliphatic carbocycles. The Balaban J connectivity index is 0.735. The minimum Gasteiger partial charge on any atom is -0.480 e. The second kappa shape index (κ2) is 14.3. The highest BCUT2D eigenvalue weighted by molar-refractivity contribution is 6.33. The number of aromatic nitrogens is 5. The van der Waals surface area contributed by atoms with Gasteiger partial charge in [0.25, 0.3) is 5.56 Å². The van der Waals surface area contributed by atoms with E-state index in [0.29, 0.717) is 76.8 Å². The largest absolute Gasteiger partial charge is 0.480 e. The van der Waals surface area contributed by atoms with Gasteiger partial charge in [-0.3, -0.25) is 29.3 Å². The van der Waals surface area contributed by atoms with Crippen molar-refractivity contribution in [3.05, 3.63) is 63.7 Å². The Kier molecular flexibility index (Phi) is 8.97. The molecule has 18 heteroatoms. The molecule has 0 spiro atoms. The van der Waals surface area contributed by atoms with Crippen molar-refractivity contribution in [1.82, 2.24) is 34.5 Å². The Labute approximate surface area is 354 Å². The van der Waals surface area contributed by atoms with Crippen molar-refractivity contribution in [2.45, 2.75) is 43.6 Å². The molecule has 61 heavy (non-hydrogen) atoms. The van der Waals surface area contributed by atoms with E-state index in [1.165, 1.54) is 4.57 Å². The number of piperidine rings is 2. The summed E-state index contributed by atoms with van der Waals surface area (Å²) in [7, 11) is 3.53. The third kappa shape index (κ3) is 6.62. The molecule has 3 saturated heterocycles. The number of aryl methyl sites for hydroxylation is 2. The molecule has 0 bridgehead atoms. The molecule has 3 N–H and O–H groups in total. The molecule has 2 amide bonds. The number of para-hydroxylation sites is 1. The van der Waals surface area contributed by atoms with Crippen molar-refractivity contribution >= 4 is 74.0 Å². The summed E-state index contributed by atoms with van der Waals surface area (Å²) in [6, 6.07) is 10.5. The minimum absolute atomic E-state index is 0.104. The topological polar surface area (TPSA) is 155 Å². The van der Waals surface area contributed by atoms with Gasteiger partial charge in [0.05, 0.1) is 46.3 Å². The van der Waals surface area contributed by atoms with Gasteiger partial charge in [0, 0.05) is 82.8 Å². The second-order valence-electron chi connectivity index (χ2n) is 17.7. The van der Waals surface area contributed by atoms with Crippen molar-refractivity contribution < 1.29 is 23.1 Å². The van der Waals surface area contributed by atoms with Gasteiger partial charge in [-0.2, -0.15) is 10.1 Å². The van der Waals surface area contributed by atoms with Crippen LogP contribution in [0.15, 0.2) is 47.4 Å². The highest BCUT2D eigenvalue weighted by Gasteiger charge is 2.56. The van der Waals surface area contributed by atoms with Crippen LogP contribution in [0, 0.1) is 23.7 Å². The number of imide groups is 1. The maximum Gasteiger partial charge on any atom is 0.301 e. The Morgan fingerprint density at radius 1 is 0.984 bits per heavy atom. The lowest BCUT2D eigenvalue weighted by Crippen LogP contribution is -2.47. The zero-order valence-electron chi connectivity index (χ0n) is 33.8. The number of nitrogens with zero attached hydrogens (tertiary/aromatic N) is 8. The Morgan fingerprint density at radius 3 is 2.52 bits per heavy atom. The van der Waals surface area contributed by atoms with Crippen LogP contribution in [0.3, 0.4) is 0 Å². The summed E-state index contributed by atoms with van der Waals surface area (Å²) in [4.78, 5) is 54.4. The molecular formula is C43H46ClF2N11O4. The molecule has 0 radical (unpaired) electrons. The van der Waals surface area contributed by atoms with E-state index in [4.69, 9.17) is 26.4 Å². The number of hydrogen-bond donors (Lipinski definition) is 3. The van der Waals surface area contributed by atoms with E-state index in [9.17, 15) is 14.4 Å². The Hall–Kier alpha value is -5.55. The van der Waals surface area contributed by atoms with Gasteiger partial charge >= 0.3 is 5.92 Å². The van der Waals surface area contributed by atoms with Crippen LogP contribution in [-0.2, 0) is 23.7 Å². The lowest BCUT2D eigenvalue weighted by molar-refractivity contribution is -0.134. The number of rotatable bonds is 8. The molecule has 318 valence electrons. The maximum absolute atomic E-state index is 15.2. The van der Waals surface area contributed by atoms with E-state index in [1.807, 2.05) is 36.0 Å². The van der Waals surface area contributed by atoms with Gasteiger partial charge in [-0.25, -0.2) is 13.8 Å². The van der Waals surface area contributed by atoms with Gasteiger partial charge in [-0.05, 0) is 67.2 Å². The fourth-order valence-electron chi connectivity index (χ4n) is 10.4. The van der Waals surface area contributed by atoms with E-state index in [2.05, 4.69) is 41.7 Å². The molecule has 5 fully saturated rings. The van der Waals surface area contributed by atoms with Crippen molar-refractivity contribution in [3.63, 3.8) is 0 Å². The van der Waals surface area contributed by atoms with E-state index < -0.39 is 30.0 Å². The van der Waals surface area contributed by atoms with Crippen LogP contribution in [-0.4, -0.2) is 105 Å². The summed E-state index contributed by atoms with van der Waals surface area (Å²) in [6.07, 6.45) is 3.79. The molecule has 5 atom stereocenters. The lowest BCUT2D eigenvalue weighted by atomic mass is 9.92. The average Bonchev–Trinajstić information content (AvgIpc) is 4.13. The van der Waals surface area contributed by atoms with Crippen molar-refractivity contribution in [2.24, 2.45) is 37.8 Å². The van der Waals surface area contributed by atoms with Gasteiger partial charge in [-0.15, -0.1) is 0 Å². The van der Waals surface area contributed by atoms with Crippen LogP contribution in [0.2, 0.25) is 5.02 Å². The second-order valence-corrected chi connectivity index (χ2v) is 18.1. The van der Waals surface area contributed by atoms with Gasteiger partial charge in [-0.1, -0.05) is 23.7 Å². The fourth-order valence-corrected chi connectivity index (χ4v) is 10.5. The smallest absolute Gasteiger partial charge is 0.301 e. The highest BCUT2D eigenvalue weighted by atomic mass is 35.5. The van der Waals surface area contributed by atoms with Gasteiger partial charge in [0.15, 0.2) is 12.4 Å². The van der Waals surface area contributed by atoms with Crippen LogP contribution < -0.4 is 36.0 Å². The summed E-state index contributed by atoms with van der Waals surface area (Å²) in [5, 5.41) is 15.5. The lowest BCUT2D eigenvalue weighted by Gasteiger charge is -2.37. The molecular weight excluding hydrogens is 808 g/mol. The molecule has 7 heterocycles. The summed E-state index contributed by atoms with van der Waals surface area (Å²) >= 11 is 6.64. The first-order chi connectivity index (χ1) is 29.4. The Bertz CT molecular complexity index is 2680. The molecule has 4 aliphatic heterocycles. The van der Waals surface area contributed by atoms with E-state index in [-0.39, 0.29) is 29.2 Å². The monoisotopic (exact) mass is 853 g/mol. The molecule has 2 aromatic carbocycles. The predicted molar refractivity (Wildman–Crippen MR) is 227 cm³/mol. The summed E-state index contributed by atoms with van der Waals surface area (Å²) < 4.78 is 39.1. The number of amides is 2. The van der Waals surface area contributed by atoms with Crippen molar-refractivity contribution in [1.29, 1.82) is 0 Å². The fraction of sp³-hybridized carbons (Fsp3) is 0.488.